The molecule has 0 spiro atoms. The van der Waals surface area contributed by atoms with E-state index in [-0.39, 0.29) is 6.04 Å². The van der Waals surface area contributed by atoms with Crippen molar-refractivity contribution in [1.29, 1.82) is 5.26 Å². The van der Waals surface area contributed by atoms with Gasteiger partial charge < -0.3 is 10.2 Å². The minimum atomic E-state index is 0.281. The van der Waals surface area contributed by atoms with Crippen molar-refractivity contribution in [3.63, 3.8) is 0 Å². The topological polar surface area (TPSA) is 90.6 Å². The Hall–Kier alpha value is -2.75. The molecule has 1 unspecified atom stereocenters. The van der Waals surface area contributed by atoms with Gasteiger partial charge in [-0.15, -0.1) is 0 Å². The van der Waals surface area contributed by atoms with Gasteiger partial charge in [0.05, 0.1) is 0 Å². The van der Waals surface area contributed by atoms with E-state index in [2.05, 4.69) is 30.2 Å². The van der Waals surface area contributed by atoms with Crippen LogP contribution < -0.4 is 10.2 Å². The van der Waals surface area contributed by atoms with Gasteiger partial charge in [0.1, 0.15) is 23.9 Å². The van der Waals surface area contributed by atoms with E-state index < -0.39 is 0 Å². The van der Waals surface area contributed by atoms with E-state index in [9.17, 15) is 0 Å². The zero-order valence-electron chi connectivity index (χ0n) is 11.5. The maximum absolute atomic E-state index is 8.92. The molecule has 2 aromatic heterocycles. The Balaban J connectivity index is 1.69. The van der Waals surface area contributed by atoms with Crippen LogP contribution in [-0.2, 0) is 0 Å². The summed E-state index contributed by atoms with van der Waals surface area (Å²) >= 11 is 0. The number of hydrogen-bond acceptors (Lipinski definition) is 7. The van der Waals surface area contributed by atoms with Crippen molar-refractivity contribution in [3.8, 4) is 6.07 Å². The molecule has 2 aromatic rings. The molecule has 0 radical (unpaired) electrons. The fourth-order valence-corrected chi connectivity index (χ4v) is 2.42. The Kier molecular flexibility index (Phi) is 3.87. The van der Waals surface area contributed by atoms with Crippen molar-refractivity contribution >= 4 is 11.8 Å². The summed E-state index contributed by atoms with van der Waals surface area (Å²) in [6.07, 6.45) is 6.99. The largest absolute Gasteiger partial charge is 0.365 e. The molecule has 7 nitrogen and oxygen atoms in total. The highest BCUT2D eigenvalue weighted by atomic mass is 15.3. The molecule has 0 aromatic carbocycles. The molecular formula is C14H15N7. The molecule has 106 valence electrons. The van der Waals surface area contributed by atoms with Crippen molar-refractivity contribution in [2.45, 2.75) is 18.9 Å². The highest BCUT2D eigenvalue weighted by Crippen LogP contribution is 2.18. The molecule has 0 amide bonds. The summed E-state index contributed by atoms with van der Waals surface area (Å²) in [4.78, 5) is 18.7. The number of piperidine rings is 1. The second-order valence-electron chi connectivity index (χ2n) is 4.88. The standard InChI is InChI=1S/C14H15N7/c15-8-11-3-6-17-14(20-11)21-7-1-2-12(9-21)19-13-4-5-16-10-18-13/h3-6,10,12H,1-2,7,9H2,(H,16,18,19). The number of nitrogens with one attached hydrogen (secondary N) is 1. The van der Waals surface area contributed by atoms with Gasteiger partial charge in [-0.05, 0) is 25.0 Å². The van der Waals surface area contributed by atoms with Gasteiger partial charge in [-0.2, -0.15) is 5.26 Å². The molecule has 3 heterocycles. The van der Waals surface area contributed by atoms with Crippen LogP contribution in [0.15, 0.2) is 30.9 Å². The lowest BCUT2D eigenvalue weighted by Gasteiger charge is -2.33. The SMILES string of the molecule is N#Cc1ccnc(N2CCCC(Nc3ccncn3)C2)n1. The number of aromatic nitrogens is 4. The van der Waals surface area contributed by atoms with Crippen LogP contribution in [0, 0.1) is 11.3 Å². The van der Waals surface area contributed by atoms with Crippen LogP contribution >= 0.6 is 0 Å². The fraction of sp³-hybridized carbons (Fsp3) is 0.357. The third-order valence-electron chi connectivity index (χ3n) is 3.40. The zero-order chi connectivity index (χ0) is 14.5. The van der Waals surface area contributed by atoms with Crippen LogP contribution in [0.4, 0.5) is 11.8 Å². The molecule has 7 heteroatoms. The molecule has 1 atom stereocenters. The fourth-order valence-electron chi connectivity index (χ4n) is 2.42. The lowest BCUT2D eigenvalue weighted by molar-refractivity contribution is 0.521. The van der Waals surface area contributed by atoms with Crippen molar-refractivity contribution in [2.24, 2.45) is 0 Å². The number of nitrogens with zero attached hydrogens (tertiary/aromatic N) is 6. The first kappa shape index (κ1) is 13.2. The lowest BCUT2D eigenvalue weighted by atomic mass is 10.1. The van der Waals surface area contributed by atoms with Crippen molar-refractivity contribution in [2.75, 3.05) is 23.3 Å². The van der Waals surface area contributed by atoms with E-state index in [0.717, 1.165) is 31.7 Å². The maximum atomic E-state index is 8.92. The highest BCUT2D eigenvalue weighted by molar-refractivity contribution is 5.38. The summed E-state index contributed by atoms with van der Waals surface area (Å²) in [5.41, 5.74) is 0.394. The molecule has 3 rings (SSSR count). The summed E-state index contributed by atoms with van der Waals surface area (Å²) in [6, 6.07) is 5.80. The molecule has 0 aliphatic carbocycles. The summed E-state index contributed by atoms with van der Waals surface area (Å²) in [7, 11) is 0. The van der Waals surface area contributed by atoms with Crippen molar-refractivity contribution in [1.82, 2.24) is 19.9 Å². The first-order valence-corrected chi connectivity index (χ1v) is 6.86. The number of nitriles is 1. The van der Waals surface area contributed by atoms with Gasteiger partial charge in [0, 0.05) is 31.5 Å². The van der Waals surface area contributed by atoms with E-state index in [1.807, 2.05) is 12.1 Å². The van der Waals surface area contributed by atoms with Gasteiger partial charge in [0.15, 0.2) is 0 Å². The van der Waals surface area contributed by atoms with Crippen LogP contribution in [0.1, 0.15) is 18.5 Å². The van der Waals surface area contributed by atoms with E-state index >= 15 is 0 Å². The van der Waals surface area contributed by atoms with Crippen LogP contribution in [0.3, 0.4) is 0 Å². The molecule has 1 saturated heterocycles. The molecule has 1 N–H and O–H groups in total. The van der Waals surface area contributed by atoms with E-state index in [1.165, 1.54) is 6.33 Å². The summed E-state index contributed by atoms with van der Waals surface area (Å²) in [6.45, 7) is 1.69. The van der Waals surface area contributed by atoms with Gasteiger partial charge in [-0.1, -0.05) is 0 Å². The zero-order valence-corrected chi connectivity index (χ0v) is 11.5. The summed E-state index contributed by atoms with van der Waals surface area (Å²) in [5.74, 6) is 1.44. The Morgan fingerprint density at radius 3 is 3.05 bits per heavy atom. The summed E-state index contributed by atoms with van der Waals surface area (Å²) in [5, 5.41) is 12.3. The maximum Gasteiger partial charge on any atom is 0.226 e. The normalized spacial score (nSPS) is 18.0. The third kappa shape index (κ3) is 3.23. The summed E-state index contributed by atoms with van der Waals surface area (Å²) < 4.78 is 0. The molecule has 0 bridgehead atoms. The molecule has 0 saturated carbocycles. The lowest BCUT2D eigenvalue weighted by Crippen LogP contribution is -2.43. The molecule has 1 aliphatic heterocycles. The molecule has 1 fully saturated rings. The highest BCUT2D eigenvalue weighted by Gasteiger charge is 2.22. The number of anilines is 2. The Morgan fingerprint density at radius 1 is 1.29 bits per heavy atom. The smallest absolute Gasteiger partial charge is 0.226 e. The molecule has 21 heavy (non-hydrogen) atoms. The van der Waals surface area contributed by atoms with Gasteiger partial charge in [-0.3, -0.25) is 0 Å². The van der Waals surface area contributed by atoms with Gasteiger partial charge in [0.2, 0.25) is 5.95 Å². The average Bonchev–Trinajstić information content (AvgIpc) is 2.56. The van der Waals surface area contributed by atoms with Gasteiger partial charge >= 0.3 is 0 Å². The third-order valence-corrected chi connectivity index (χ3v) is 3.40. The van der Waals surface area contributed by atoms with Crippen LogP contribution in [-0.4, -0.2) is 39.1 Å². The molecule has 1 aliphatic rings. The van der Waals surface area contributed by atoms with E-state index in [0.29, 0.717) is 11.6 Å². The molecular weight excluding hydrogens is 266 g/mol. The van der Waals surface area contributed by atoms with Crippen molar-refractivity contribution in [3.05, 3.63) is 36.5 Å². The second-order valence-corrected chi connectivity index (χ2v) is 4.88. The quantitative estimate of drug-likeness (QED) is 0.904. The average molecular weight is 281 g/mol. The van der Waals surface area contributed by atoms with Gasteiger partial charge in [-0.25, -0.2) is 19.9 Å². The van der Waals surface area contributed by atoms with Crippen LogP contribution in [0.2, 0.25) is 0 Å². The Labute approximate surface area is 122 Å². The second kappa shape index (κ2) is 6.13. The monoisotopic (exact) mass is 281 g/mol. The van der Waals surface area contributed by atoms with Crippen LogP contribution in [0.25, 0.3) is 0 Å². The predicted molar refractivity (Wildman–Crippen MR) is 77.6 cm³/mol. The predicted octanol–water partition coefficient (Wildman–Crippen LogP) is 1.22. The first-order valence-electron chi connectivity index (χ1n) is 6.86. The van der Waals surface area contributed by atoms with E-state index in [1.54, 1.807) is 18.5 Å². The number of hydrogen-bond donors (Lipinski definition) is 1. The Morgan fingerprint density at radius 2 is 2.24 bits per heavy atom. The Bertz CT molecular complexity index is 637. The number of rotatable bonds is 3. The van der Waals surface area contributed by atoms with E-state index in [4.69, 9.17) is 5.26 Å². The minimum absolute atomic E-state index is 0.281. The van der Waals surface area contributed by atoms with Crippen LogP contribution in [0.5, 0.6) is 0 Å². The van der Waals surface area contributed by atoms with Crippen molar-refractivity contribution < 1.29 is 0 Å². The first-order chi connectivity index (χ1) is 10.3. The minimum Gasteiger partial charge on any atom is -0.365 e. The van der Waals surface area contributed by atoms with Gasteiger partial charge in [0.25, 0.3) is 0 Å².